The van der Waals surface area contributed by atoms with Crippen LogP contribution in [0.4, 0.5) is 0 Å². The van der Waals surface area contributed by atoms with E-state index in [9.17, 15) is 9.59 Å². The molecule has 2 bridgehead atoms. The van der Waals surface area contributed by atoms with E-state index >= 15 is 0 Å². The van der Waals surface area contributed by atoms with Crippen LogP contribution < -0.4 is 10.6 Å². The van der Waals surface area contributed by atoms with E-state index in [2.05, 4.69) is 56.3 Å². The Balaban J connectivity index is 1.20. The molecular weight excluding hydrogens is 525 g/mol. The van der Waals surface area contributed by atoms with Crippen molar-refractivity contribution < 1.29 is 18.9 Å². The fourth-order valence-corrected chi connectivity index (χ4v) is 8.74. The van der Waals surface area contributed by atoms with Crippen molar-refractivity contribution in [2.24, 2.45) is 29.1 Å². The average Bonchev–Trinajstić information content (AvgIpc) is 3.53. The number of nitrogens with one attached hydrogen (secondary N) is 3. The van der Waals surface area contributed by atoms with Gasteiger partial charge in [-0.15, -0.1) is 0 Å². The number of rotatable bonds is 10. The number of fused-ring (bicyclic) bond motifs is 1. The van der Waals surface area contributed by atoms with Crippen LogP contribution in [0.15, 0.2) is 30.5 Å². The second-order valence-corrected chi connectivity index (χ2v) is 15.0. The number of carbonyl (C=O) groups excluding carboxylic acids is 2. The summed E-state index contributed by atoms with van der Waals surface area (Å²) in [4.78, 5) is 30.7. The van der Waals surface area contributed by atoms with Crippen LogP contribution in [-0.2, 0) is 25.3 Å². The molecule has 7 nitrogen and oxygen atoms in total. The third kappa shape index (κ3) is 5.66. The molecule has 8 heteroatoms. The number of hydrogen-bond donors (Lipinski definition) is 3. The standard InChI is InChI=1S/C34H50BN3O4/c1-21(2)15-30(35-41-29-19-24-18-28(33(24,3)4)34(29,5)42-35)38-32(40)27(37-31(39)16-22-11-7-6-8-12-22)17-23-20-36-26-14-10-9-13-25(23)26/h9-10,13-14,20-22,24,27-30,36H,6-8,11-12,15-19H2,1-5H3,(H,37,39)(H,38,40)/t24-,27-,28-,29+,30-,34-/m0/s1. The minimum atomic E-state index is -0.680. The maximum absolute atomic E-state index is 14.1. The van der Waals surface area contributed by atoms with Gasteiger partial charge in [-0.05, 0) is 79.7 Å². The Morgan fingerprint density at radius 3 is 2.57 bits per heavy atom. The van der Waals surface area contributed by atoms with Gasteiger partial charge in [0.25, 0.3) is 0 Å². The van der Waals surface area contributed by atoms with Crippen molar-refractivity contribution in [3.05, 3.63) is 36.0 Å². The minimum Gasteiger partial charge on any atom is -0.404 e. The zero-order valence-electron chi connectivity index (χ0n) is 26.2. The summed E-state index contributed by atoms with van der Waals surface area (Å²) in [6.45, 7) is 11.3. The van der Waals surface area contributed by atoms with Gasteiger partial charge in [0.05, 0.1) is 17.6 Å². The summed E-state index contributed by atoms with van der Waals surface area (Å²) in [6.07, 6.45) is 11.7. The Labute approximate surface area is 251 Å². The van der Waals surface area contributed by atoms with Gasteiger partial charge in [-0.25, -0.2) is 0 Å². The summed E-state index contributed by atoms with van der Waals surface area (Å²) >= 11 is 0. The lowest BCUT2D eigenvalue weighted by molar-refractivity contribution is -0.199. The highest BCUT2D eigenvalue weighted by Gasteiger charge is 2.68. The topological polar surface area (TPSA) is 92.5 Å². The number of amides is 2. The number of hydrogen-bond acceptors (Lipinski definition) is 4. The van der Waals surface area contributed by atoms with E-state index in [1.807, 2.05) is 24.4 Å². The summed E-state index contributed by atoms with van der Waals surface area (Å²) < 4.78 is 13.4. The van der Waals surface area contributed by atoms with Crippen molar-refractivity contribution in [1.29, 1.82) is 0 Å². The van der Waals surface area contributed by atoms with Crippen molar-refractivity contribution in [3.8, 4) is 0 Å². The third-order valence-electron chi connectivity index (χ3n) is 11.3. The molecule has 0 spiro atoms. The van der Waals surface area contributed by atoms with E-state index in [1.54, 1.807) is 0 Å². The number of H-pyrrole nitrogens is 1. The van der Waals surface area contributed by atoms with Crippen LogP contribution in [-0.4, -0.2) is 47.6 Å². The molecule has 2 aromatic rings. The molecule has 2 heterocycles. The first-order valence-corrected chi connectivity index (χ1v) is 16.5. The van der Waals surface area contributed by atoms with Gasteiger partial charge in [-0.1, -0.05) is 65.2 Å². The smallest absolute Gasteiger partial charge is 0.404 e. The molecule has 1 saturated heterocycles. The Morgan fingerprint density at radius 1 is 1.07 bits per heavy atom. The highest BCUT2D eigenvalue weighted by Crippen LogP contribution is 2.65. The van der Waals surface area contributed by atoms with Crippen molar-refractivity contribution >= 4 is 29.8 Å². The quantitative estimate of drug-likeness (QED) is 0.305. The van der Waals surface area contributed by atoms with Crippen LogP contribution in [0.25, 0.3) is 10.9 Å². The van der Waals surface area contributed by atoms with Crippen LogP contribution in [0, 0.1) is 29.1 Å². The van der Waals surface area contributed by atoms with Crippen molar-refractivity contribution in [3.63, 3.8) is 0 Å². The highest BCUT2D eigenvalue weighted by atomic mass is 16.7. The molecule has 5 aliphatic rings. The first kappa shape index (κ1) is 29.7. The lowest BCUT2D eigenvalue weighted by Crippen LogP contribution is -2.65. The fourth-order valence-electron chi connectivity index (χ4n) is 8.74. The molecule has 228 valence electrons. The molecule has 2 amide bonds. The molecule has 1 aliphatic heterocycles. The number of benzene rings is 1. The average molecular weight is 576 g/mol. The summed E-state index contributed by atoms with van der Waals surface area (Å²) in [5, 5.41) is 7.55. The number of aromatic nitrogens is 1. The van der Waals surface area contributed by atoms with Gasteiger partial charge in [0.2, 0.25) is 11.8 Å². The van der Waals surface area contributed by atoms with Gasteiger partial charge in [0, 0.05) is 29.9 Å². The Bertz CT molecular complexity index is 1290. The molecule has 1 aromatic carbocycles. The van der Waals surface area contributed by atoms with E-state index in [4.69, 9.17) is 9.31 Å². The molecule has 4 aliphatic carbocycles. The monoisotopic (exact) mass is 575 g/mol. The molecule has 0 radical (unpaired) electrons. The van der Waals surface area contributed by atoms with E-state index < -0.39 is 13.2 Å². The number of carbonyl (C=O) groups is 2. The van der Waals surface area contributed by atoms with Gasteiger partial charge >= 0.3 is 7.12 Å². The first-order valence-electron chi connectivity index (χ1n) is 16.5. The van der Waals surface area contributed by atoms with Crippen LogP contribution in [0.2, 0.25) is 0 Å². The molecule has 7 rings (SSSR count). The Hall–Kier alpha value is -2.32. The van der Waals surface area contributed by atoms with Crippen molar-refractivity contribution in [1.82, 2.24) is 15.6 Å². The summed E-state index contributed by atoms with van der Waals surface area (Å²) in [6, 6.07) is 7.43. The van der Waals surface area contributed by atoms with Crippen molar-refractivity contribution in [2.45, 2.75) is 123 Å². The molecule has 42 heavy (non-hydrogen) atoms. The van der Waals surface area contributed by atoms with Crippen LogP contribution in [0.5, 0.6) is 0 Å². The zero-order chi connectivity index (χ0) is 29.6. The molecule has 1 aromatic heterocycles. The third-order valence-corrected chi connectivity index (χ3v) is 11.3. The van der Waals surface area contributed by atoms with Gasteiger partial charge < -0.3 is 24.9 Å². The van der Waals surface area contributed by atoms with Crippen molar-refractivity contribution in [2.75, 3.05) is 0 Å². The number of aromatic amines is 1. The van der Waals surface area contributed by atoms with E-state index in [0.717, 1.165) is 42.1 Å². The summed E-state index contributed by atoms with van der Waals surface area (Å²) in [7, 11) is -0.492. The van der Waals surface area contributed by atoms with Crippen LogP contribution in [0.3, 0.4) is 0 Å². The van der Waals surface area contributed by atoms with Gasteiger partial charge in [0.15, 0.2) is 0 Å². The summed E-state index contributed by atoms with van der Waals surface area (Å²) in [5.74, 6) is 1.39. The maximum Gasteiger partial charge on any atom is 0.481 e. The van der Waals surface area contributed by atoms with Gasteiger partial charge in [-0.3, -0.25) is 9.59 Å². The molecule has 3 N–H and O–H groups in total. The largest absolute Gasteiger partial charge is 0.481 e. The zero-order valence-corrected chi connectivity index (χ0v) is 26.2. The molecule has 0 unspecified atom stereocenters. The SMILES string of the molecule is CC(C)C[C@H](NC(=O)[C@H](Cc1c[nH]c2ccccc12)NC(=O)CC1CCCCC1)B1O[C@@H]2C[C@@H]3C[C@@H](C3(C)C)[C@]2(C)O1. The number of para-hydroxylation sites is 1. The van der Waals surface area contributed by atoms with E-state index in [-0.39, 0.29) is 34.9 Å². The molecular formula is C34H50BN3O4. The fraction of sp³-hybridized carbons (Fsp3) is 0.706. The highest BCUT2D eigenvalue weighted by molar-refractivity contribution is 6.48. The Morgan fingerprint density at radius 2 is 1.83 bits per heavy atom. The normalized spacial score (nSPS) is 30.0. The predicted octanol–water partition coefficient (Wildman–Crippen LogP) is 5.96. The van der Waals surface area contributed by atoms with Gasteiger partial charge in [0.1, 0.15) is 6.04 Å². The van der Waals surface area contributed by atoms with Crippen LogP contribution in [0.1, 0.15) is 98.0 Å². The second kappa shape index (κ2) is 11.6. The predicted molar refractivity (Wildman–Crippen MR) is 167 cm³/mol. The lowest BCUT2D eigenvalue weighted by atomic mass is 9.43. The Kier molecular flexibility index (Phi) is 8.25. The molecule has 4 saturated carbocycles. The van der Waals surface area contributed by atoms with Crippen LogP contribution >= 0.6 is 0 Å². The van der Waals surface area contributed by atoms with E-state index in [0.29, 0.717) is 36.5 Å². The van der Waals surface area contributed by atoms with Gasteiger partial charge in [-0.2, -0.15) is 0 Å². The minimum absolute atomic E-state index is 0.0313. The first-order chi connectivity index (χ1) is 20.0. The molecule has 5 fully saturated rings. The second-order valence-electron chi connectivity index (χ2n) is 15.0. The summed E-state index contributed by atoms with van der Waals surface area (Å²) in [5.41, 5.74) is 1.98. The van der Waals surface area contributed by atoms with E-state index in [1.165, 1.54) is 25.7 Å². The molecule has 6 atom stereocenters. The maximum atomic E-state index is 14.1. The lowest BCUT2D eigenvalue weighted by Gasteiger charge is -2.64.